The molecule has 9 nitrogen and oxygen atoms in total. The Bertz CT molecular complexity index is 1200. The molecule has 0 bridgehead atoms. The van der Waals surface area contributed by atoms with Gasteiger partial charge in [-0.15, -0.1) is 0 Å². The molecule has 2 heterocycles. The monoisotopic (exact) mass is 470 g/mol. The molecular formula is C23H26N4O5S. The van der Waals surface area contributed by atoms with Crippen molar-refractivity contribution >= 4 is 15.9 Å². The summed E-state index contributed by atoms with van der Waals surface area (Å²) in [6, 6.07) is 16.0. The van der Waals surface area contributed by atoms with Crippen LogP contribution in [-0.2, 0) is 21.2 Å². The minimum absolute atomic E-state index is 0.0527. The second kappa shape index (κ2) is 10.2. The molecule has 0 spiro atoms. The van der Waals surface area contributed by atoms with Gasteiger partial charge in [0.25, 0.3) is 5.91 Å². The maximum Gasteiger partial charge on any atom is 0.255 e. The Morgan fingerprint density at radius 3 is 2.61 bits per heavy atom. The number of ether oxygens (including phenoxy) is 2. The predicted octanol–water partition coefficient (Wildman–Crippen LogP) is 1.87. The van der Waals surface area contributed by atoms with E-state index in [0.717, 1.165) is 11.4 Å². The van der Waals surface area contributed by atoms with E-state index < -0.39 is 15.9 Å². The number of carbonyl (C=O) groups excluding carboxylic acids is 1. The average Bonchev–Trinajstić information content (AvgIpc) is 3.33. The number of nitrogens with zero attached hydrogens (tertiary/aromatic N) is 3. The van der Waals surface area contributed by atoms with Gasteiger partial charge in [-0.25, -0.2) is 13.1 Å². The summed E-state index contributed by atoms with van der Waals surface area (Å²) in [5.41, 5.74) is 1.95. The van der Waals surface area contributed by atoms with Crippen molar-refractivity contribution in [1.82, 2.24) is 19.4 Å². The molecule has 3 aromatic rings. The van der Waals surface area contributed by atoms with Crippen LogP contribution in [0.5, 0.6) is 5.75 Å². The van der Waals surface area contributed by atoms with Crippen LogP contribution >= 0.6 is 0 Å². The maximum absolute atomic E-state index is 13.0. The van der Waals surface area contributed by atoms with Crippen molar-refractivity contribution in [2.75, 3.05) is 40.0 Å². The third-order valence-electron chi connectivity index (χ3n) is 5.36. The molecule has 1 N–H and O–H groups in total. The Morgan fingerprint density at radius 1 is 1.12 bits per heavy atom. The van der Waals surface area contributed by atoms with Gasteiger partial charge in [-0.05, 0) is 36.4 Å². The quantitative estimate of drug-likeness (QED) is 0.539. The minimum atomic E-state index is -3.73. The Labute approximate surface area is 193 Å². The number of hydrogen-bond donors (Lipinski definition) is 1. The van der Waals surface area contributed by atoms with Gasteiger partial charge in [0.2, 0.25) is 10.0 Å². The number of benzene rings is 2. The number of amides is 1. The Balaban J connectivity index is 1.43. The largest absolute Gasteiger partial charge is 0.496 e. The van der Waals surface area contributed by atoms with Crippen molar-refractivity contribution in [2.45, 2.75) is 11.3 Å². The molecule has 4 rings (SSSR count). The molecular weight excluding hydrogens is 444 g/mol. The fourth-order valence-electron chi connectivity index (χ4n) is 3.58. The lowest BCUT2D eigenvalue weighted by Gasteiger charge is -2.26. The van der Waals surface area contributed by atoms with Crippen LogP contribution in [0.25, 0.3) is 5.69 Å². The summed E-state index contributed by atoms with van der Waals surface area (Å²) >= 11 is 0. The standard InChI is InChI=1S/C23H26N4O5S/c1-31-22-8-7-20(33(29,30)26-13-15-32-16-14-26)17-21(22)23(28)24-11-9-18-10-12-27(25-18)19-5-3-2-4-6-19/h2-8,10,12,17H,9,11,13-16H2,1H3,(H,24,28). The summed E-state index contributed by atoms with van der Waals surface area (Å²) in [4.78, 5) is 12.9. The van der Waals surface area contributed by atoms with Crippen LogP contribution in [0.1, 0.15) is 16.1 Å². The second-order valence-electron chi connectivity index (χ2n) is 7.47. The van der Waals surface area contributed by atoms with Crippen molar-refractivity contribution in [1.29, 1.82) is 0 Å². The van der Waals surface area contributed by atoms with E-state index in [4.69, 9.17) is 9.47 Å². The predicted molar refractivity (Wildman–Crippen MR) is 122 cm³/mol. The smallest absolute Gasteiger partial charge is 0.255 e. The van der Waals surface area contributed by atoms with E-state index in [1.807, 2.05) is 42.6 Å². The van der Waals surface area contributed by atoms with E-state index in [2.05, 4.69) is 10.4 Å². The number of para-hydroxylation sites is 1. The molecule has 174 valence electrons. The number of hydrogen-bond acceptors (Lipinski definition) is 6. The molecule has 0 unspecified atom stereocenters. The first-order chi connectivity index (χ1) is 16.0. The molecule has 1 aliphatic rings. The highest BCUT2D eigenvalue weighted by atomic mass is 32.2. The van der Waals surface area contributed by atoms with Crippen LogP contribution in [0.4, 0.5) is 0 Å². The normalized spacial score (nSPS) is 14.7. The van der Waals surface area contributed by atoms with Crippen LogP contribution in [0.15, 0.2) is 65.7 Å². The van der Waals surface area contributed by atoms with Crippen LogP contribution in [0, 0.1) is 0 Å². The van der Waals surface area contributed by atoms with E-state index in [1.54, 1.807) is 4.68 Å². The van der Waals surface area contributed by atoms with Gasteiger partial charge in [-0.3, -0.25) is 4.79 Å². The third kappa shape index (κ3) is 5.24. The maximum atomic E-state index is 13.0. The van der Waals surface area contributed by atoms with E-state index in [-0.39, 0.29) is 23.5 Å². The van der Waals surface area contributed by atoms with Gasteiger partial charge in [-0.1, -0.05) is 18.2 Å². The zero-order valence-electron chi connectivity index (χ0n) is 18.3. The first-order valence-corrected chi connectivity index (χ1v) is 12.1. The molecule has 33 heavy (non-hydrogen) atoms. The fourth-order valence-corrected chi connectivity index (χ4v) is 5.01. The third-order valence-corrected chi connectivity index (χ3v) is 7.25. The van der Waals surface area contributed by atoms with E-state index >= 15 is 0 Å². The lowest BCUT2D eigenvalue weighted by Crippen LogP contribution is -2.40. The number of nitrogens with one attached hydrogen (secondary N) is 1. The molecule has 1 aliphatic heterocycles. The SMILES string of the molecule is COc1ccc(S(=O)(=O)N2CCOCC2)cc1C(=O)NCCc1ccn(-c2ccccc2)n1. The van der Waals surface area contributed by atoms with Crippen molar-refractivity contribution in [3.63, 3.8) is 0 Å². The van der Waals surface area contributed by atoms with E-state index in [0.29, 0.717) is 31.9 Å². The molecule has 10 heteroatoms. The number of aromatic nitrogens is 2. The Morgan fingerprint density at radius 2 is 1.88 bits per heavy atom. The highest BCUT2D eigenvalue weighted by Crippen LogP contribution is 2.25. The molecule has 1 fully saturated rings. The highest BCUT2D eigenvalue weighted by molar-refractivity contribution is 7.89. The lowest BCUT2D eigenvalue weighted by atomic mass is 10.2. The van der Waals surface area contributed by atoms with Gasteiger partial charge in [-0.2, -0.15) is 9.40 Å². The summed E-state index contributed by atoms with van der Waals surface area (Å²) in [7, 11) is -2.28. The van der Waals surface area contributed by atoms with Crippen LogP contribution in [0.3, 0.4) is 0 Å². The average molecular weight is 471 g/mol. The first kappa shape index (κ1) is 23.0. The number of methoxy groups -OCH3 is 1. The molecule has 0 radical (unpaired) electrons. The van der Waals surface area contributed by atoms with Crippen molar-refractivity contribution < 1.29 is 22.7 Å². The summed E-state index contributed by atoms with van der Waals surface area (Å²) in [6.45, 7) is 1.61. The topological polar surface area (TPSA) is 103 Å². The number of carbonyl (C=O) groups is 1. The van der Waals surface area contributed by atoms with Crippen LogP contribution in [-0.4, -0.2) is 68.4 Å². The number of sulfonamides is 1. The zero-order valence-corrected chi connectivity index (χ0v) is 19.1. The minimum Gasteiger partial charge on any atom is -0.496 e. The van der Waals surface area contributed by atoms with Gasteiger partial charge in [0.1, 0.15) is 5.75 Å². The molecule has 0 aliphatic carbocycles. The molecule has 2 aromatic carbocycles. The summed E-state index contributed by atoms with van der Waals surface area (Å²) in [5, 5.41) is 7.36. The Kier molecular flexibility index (Phi) is 7.07. The fraction of sp³-hybridized carbons (Fsp3) is 0.304. The molecule has 0 saturated carbocycles. The number of rotatable bonds is 8. The zero-order chi connectivity index (χ0) is 23.3. The summed E-state index contributed by atoms with van der Waals surface area (Å²) < 4.78 is 39.6. The van der Waals surface area contributed by atoms with Crippen LogP contribution < -0.4 is 10.1 Å². The van der Waals surface area contributed by atoms with E-state index in [1.165, 1.54) is 29.6 Å². The van der Waals surface area contributed by atoms with Crippen molar-refractivity contribution in [2.24, 2.45) is 0 Å². The van der Waals surface area contributed by atoms with Gasteiger partial charge in [0.15, 0.2) is 0 Å². The molecule has 1 amide bonds. The molecule has 1 saturated heterocycles. The van der Waals surface area contributed by atoms with E-state index in [9.17, 15) is 13.2 Å². The number of morpholine rings is 1. The summed E-state index contributed by atoms with van der Waals surface area (Å²) in [6.07, 6.45) is 2.40. The lowest BCUT2D eigenvalue weighted by molar-refractivity contribution is 0.0730. The van der Waals surface area contributed by atoms with Crippen LogP contribution in [0.2, 0.25) is 0 Å². The van der Waals surface area contributed by atoms with Crippen molar-refractivity contribution in [3.8, 4) is 11.4 Å². The Hall–Kier alpha value is -3.21. The first-order valence-electron chi connectivity index (χ1n) is 10.6. The molecule has 1 aromatic heterocycles. The van der Waals surface area contributed by atoms with Gasteiger partial charge >= 0.3 is 0 Å². The van der Waals surface area contributed by atoms with Crippen molar-refractivity contribution in [3.05, 3.63) is 72.1 Å². The van der Waals surface area contributed by atoms with Gasteiger partial charge in [0.05, 0.1) is 42.2 Å². The highest BCUT2D eigenvalue weighted by Gasteiger charge is 2.28. The van der Waals surface area contributed by atoms with Gasteiger partial charge in [0, 0.05) is 32.3 Å². The summed E-state index contributed by atoms with van der Waals surface area (Å²) in [5.74, 6) is -0.102. The van der Waals surface area contributed by atoms with Gasteiger partial charge < -0.3 is 14.8 Å². The second-order valence-corrected chi connectivity index (χ2v) is 9.41. The molecule has 0 atom stereocenters.